The summed E-state index contributed by atoms with van der Waals surface area (Å²) in [4.78, 5) is 2.35. The summed E-state index contributed by atoms with van der Waals surface area (Å²) in [5, 5.41) is 1.31. The maximum Gasteiger partial charge on any atom is 0.0480 e. The zero-order chi connectivity index (χ0) is 19.4. The third kappa shape index (κ3) is 5.32. The molecule has 2 nitrogen and oxygen atoms in total. The van der Waals surface area contributed by atoms with E-state index < -0.39 is 0 Å². The summed E-state index contributed by atoms with van der Waals surface area (Å²) in [5.74, 6) is 0.792. The molecule has 3 aromatic rings. The van der Waals surface area contributed by atoms with Crippen LogP contribution in [0.5, 0.6) is 0 Å². The molecule has 0 aliphatic carbocycles. The van der Waals surface area contributed by atoms with Gasteiger partial charge in [-0.25, -0.2) is 0 Å². The van der Waals surface area contributed by atoms with Crippen molar-refractivity contribution in [2.45, 2.75) is 45.9 Å². The van der Waals surface area contributed by atoms with Crippen molar-refractivity contribution in [1.82, 2.24) is 4.57 Å². The minimum atomic E-state index is 0.334. The zero-order valence-corrected chi connectivity index (χ0v) is 18.0. The van der Waals surface area contributed by atoms with Gasteiger partial charge in [-0.05, 0) is 65.1 Å². The maximum absolute atomic E-state index is 4.37. The van der Waals surface area contributed by atoms with Crippen LogP contribution in [-0.4, -0.2) is 18.2 Å². The van der Waals surface area contributed by atoms with Gasteiger partial charge < -0.3 is 9.47 Å². The molecule has 0 aliphatic rings. The Hall–Kier alpha value is -1.87. The summed E-state index contributed by atoms with van der Waals surface area (Å²) in [6.07, 6.45) is 4.44. The van der Waals surface area contributed by atoms with E-state index in [2.05, 4.69) is 105 Å². The third-order valence-electron chi connectivity index (χ3n) is 5.02. The van der Waals surface area contributed by atoms with Gasteiger partial charge in [-0.15, -0.1) is 0 Å². The first kappa shape index (κ1) is 19.9. The smallest absolute Gasteiger partial charge is 0.0480 e. The Kier molecular flexibility index (Phi) is 6.21. The van der Waals surface area contributed by atoms with E-state index >= 15 is 0 Å². The Bertz CT molecular complexity index is 872. The van der Waals surface area contributed by atoms with E-state index in [1.54, 1.807) is 0 Å². The van der Waals surface area contributed by atoms with Crippen molar-refractivity contribution in [3.05, 3.63) is 65.9 Å². The van der Waals surface area contributed by atoms with E-state index in [1.165, 1.54) is 27.7 Å². The summed E-state index contributed by atoms with van der Waals surface area (Å²) < 4.78 is 2.36. The van der Waals surface area contributed by atoms with Crippen LogP contribution in [0.4, 0.5) is 5.69 Å². The lowest BCUT2D eigenvalue weighted by molar-refractivity contribution is 0.411. The van der Waals surface area contributed by atoms with Gasteiger partial charge >= 0.3 is 0 Å². The molecule has 0 atom stereocenters. The largest absolute Gasteiger partial charge is 0.375 e. The molecule has 1 aromatic heterocycles. The molecule has 0 amide bonds. The number of aryl methyl sites for hydroxylation is 1. The van der Waals surface area contributed by atoms with Gasteiger partial charge in [-0.2, -0.15) is 12.6 Å². The van der Waals surface area contributed by atoms with Crippen LogP contribution in [0.15, 0.2) is 54.7 Å². The second kappa shape index (κ2) is 8.43. The van der Waals surface area contributed by atoms with Crippen LogP contribution in [0, 0.1) is 5.41 Å². The second-order valence-corrected chi connectivity index (χ2v) is 9.06. The molecule has 0 saturated carbocycles. The number of hydrogen-bond acceptors (Lipinski definition) is 2. The molecule has 0 aliphatic heterocycles. The SMILES string of the molecule is CN(CCCn1ccc2cc(CS)ccc21)c1ccc(CC(C)(C)C)cc1. The number of thiol groups is 1. The van der Waals surface area contributed by atoms with Gasteiger partial charge in [0, 0.05) is 43.3 Å². The Balaban J connectivity index is 1.56. The summed E-state index contributed by atoms with van der Waals surface area (Å²) in [6.45, 7) is 8.95. The van der Waals surface area contributed by atoms with Crippen LogP contribution in [0.25, 0.3) is 10.9 Å². The third-order valence-corrected chi connectivity index (χ3v) is 5.39. The minimum Gasteiger partial charge on any atom is -0.375 e. The summed E-state index contributed by atoms with van der Waals surface area (Å²) in [6, 6.07) is 17.9. The van der Waals surface area contributed by atoms with Crippen molar-refractivity contribution in [3.8, 4) is 0 Å². The van der Waals surface area contributed by atoms with Crippen LogP contribution < -0.4 is 4.90 Å². The van der Waals surface area contributed by atoms with Gasteiger partial charge in [0.2, 0.25) is 0 Å². The van der Waals surface area contributed by atoms with Crippen LogP contribution in [0.1, 0.15) is 38.3 Å². The summed E-state index contributed by atoms with van der Waals surface area (Å²) in [5.41, 5.74) is 5.64. The van der Waals surface area contributed by atoms with Crippen LogP contribution in [0.2, 0.25) is 0 Å². The molecule has 0 saturated heterocycles. The van der Waals surface area contributed by atoms with Crippen LogP contribution in [-0.2, 0) is 18.7 Å². The predicted molar refractivity (Wildman–Crippen MR) is 122 cm³/mol. The molecule has 0 radical (unpaired) electrons. The van der Waals surface area contributed by atoms with Crippen molar-refractivity contribution in [2.24, 2.45) is 5.41 Å². The number of hydrogen-bond donors (Lipinski definition) is 1. The molecular weight excluding hydrogens is 348 g/mol. The number of nitrogens with zero attached hydrogens (tertiary/aromatic N) is 2. The standard InChI is InChI=1S/C24H32N2S/c1-24(2,3)17-19-6-9-22(10-7-19)25(4)13-5-14-26-15-12-21-16-20(18-27)8-11-23(21)26/h6-12,15-16,27H,5,13-14,17-18H2,1-4H3. The molecule has 144 valence electrons. The Morgan fingerprint density at radius 3 is 2.33 bits per heavy atom. The van der Waals surface area contributed by atoms with Gasteiger partial charge in [-0.1, -0.05) is 39.0 Å². The second-order valence-electron chi connectivity index (χ2n) is 8.74. The fourth-order valence-corrected chi connectivity index (χ4v) is 3.83. The average Bonchev–Trinajstić information content (AvgIpc) is 3.03. The Labute approximate surface area is 169 Å². The minimum absolute atomic E-state index is 0.334. The number of fused-ring (bicyclic) bond motifs is 1. The number of anilines is 1. The molecule has 0 fully saturated rings. The molecule has 0 bridgehead atoms. The van der Waals surface area contributed by atoms with E-state index in [9.17, 15) is 0 Å². The van der Waals surface area contributed by atoms with Gasteiger partial charge in [0.25, 0.3) is 0 Å². The zero-order valence-electron chi connectivity index (χ0n) is 17.1. The molecular formula is C24H32N2S. The molecule has 1 heterocycles. The molecule has 0 unspecified atom stereocenters. The Morgan fingerprint density at radius 2 is 1.67 bits per heavy atom. The van der Waals surface area contributed by atoms with E-state index in [0.717, 1.165) is 31.7 Å². The van der Waals surface area contributed by atoms with Gasteiger partial charge in [0.1, 0.15) is 0 Å². The van der Waals surface area contributed by atoms with Crippen molar-refractivity contribution in [3.63, 3.8) is 0 Å². The van der Waals surface area contributed by atoms with Crippen molar-refractivity contribution >= 4 is 29.2 Å². The molecule has 0 spiro atoms. The monoisotopic (exact) mass is 380 g/mol. The lowest BCUT2D eigenvalue weighted by atomic mass is 9.88. The van der Waals surface area contributed by atoms with Gasteiger partial charge in [-0.3, -0.25) is 0 Å². The molecule has 2 aromatic carbocycles. The predicted octanol–water partition coefficient (Wildman–Crippen LogP) is 6.19. The van der Waals surface area contributed by atoms with E-state index in [-0.39, 0.29) is 0 Å². The molecule has 3 heteroatoms. The van der Waals surface area contributed by atoms with E-state index in [0.29, 0.717) is 5.41 Å². The highest BCUT2D eigenvalue weighted by molar-refractivity contribution is 7.79. The normalized spacial score (nSPS) is 11.9. The van der Waals surface area contributed by atoms with Crippen molar-refractivity contribution in [1.29, 1.82) is 0 Å². The highest BCUT2D eigenvalue weighted by Gasteiger charge is 2.11. The quantitative estimate of drug-likeness (QED) is 0.481. The number of benzene rings is 2. The first-order valence-corrected chi connectivity index (χ1v) is 10.5. The molecule has 3 rings (SSSR count). The summed E-state index contributed by atoms with van der Waals surface area (Å²) >= 11 is 4.37. The highest BCUT2D eigenvalue weighted by atomic mass is 32.1. The van der Waals surface area contributed by atoms with Gasteiger partial charge in [0.05, 0.1) is 0 Å². The lowest BCUT2D eigenvalue weighted by Crippen LogP contribution is -2.20. The van der Waals surface area contributed by atoms with Gasteiger partial charge in [0.15, 0.2) is 0 Å². The first-order valence-electron chi connectivity index (χ1n) is 9.84. The average molecular weight is 381 g/mol. The van der Waals surface area contributed by atoms with Crippen LogP contribution >= 0.6 is 12.6 Å². The first-order chi connectivity index (χ1) is 12.9. The van der Waals surface area contributed by atoms with E-state index in [1.807, 2.05) is 0 Å². The fraction of sp³-hybridized carbons (Fsp3) is 0.417. The number of rotatable bonds is 7. The Morgan fingerprint density at radius 1 is 0.963 bits per heavy atom. The topological polar surface area (TPSA) is 8.17 Å². The highest BCUT2D eigenvalue weighted by Crippen LogP contribution is 2.23. The summed E-state index contributed by atoms with van der Waals surface area (Å²) in [7, 11) is 2.19. The van der Waals surface area contributed by atoms with E-state index in [4.69, 9.17) is 0 Å². The number of aromatic nitrogens is 1. The molecule has 27 heavy (non-hydrogen) atoms. The molecule has 0 N–H and O–H groups in total. The maximum atomic E-state index is 4.37. The fourth-order valence-electron chi connectivity index (χ4n) is 3.63. The van der Waals surface area contributed by atoms with Crippen LogP contribution in [0.3, 0.4) is 0 Å². The van der Waals surface area contributed by atoms with Crippen molar-refractivity contribution < 1.29 is 0 Å². The van der Waals surface area contributed by atoms with Crippen molar-refractivity contribution in [2.75, 3.05) is 18.5 Å². The lowest BCUT2D eigenvalue weighted by Gasteiger charge is -2.21.